The van der Waals surface area contributed by atoms with Crippen LogP contribution in [0.5, 0.6) is 0 Å². The Hall–Kier alpha value is -3.90. The van der Waals surface area contributed by atoms with Crippen LogP contribution in [0.2, 0.25) is 0 Å². The number of nitrogens with two attached hydrogens (primary N) is 1. The van der Waals surface area contributed by atoms with E-state index in [1.165, 1.54) is 15.6 Å². The molecule has 1 saturated heterocycles. The van der Waals surface area contributed by atoms with Crippen molar-refractivity contribution in [1.29, 1.82) is 0 Å². The first-order valence-electron chi connectivity index (χ1n) is 8.82. The second kappa shape index (κ2) is 6.61. The highest BCUT2D eigenvalue weighted by Gasteiger charge is 2.42. The molecule has 9 heteroatoms. The Morgan fingerprint density at radius 2 is 2.10 bits per heavy atom. The van der Waals surface area contributed by atoms with Gasteiger partial charge in [-0.15, -0.1) is 0 Å². The smallest absolute Gasteiger partial charge is 0.271 e. The van der Waals surface area contributed by atoms with E-state index in [0.717, 1.165) is 0 Å². The summed E-state index contributed by atoms with van der Waals surface area (Å²) >= 11 is 0. The molecular formula is C20H17N5O4. The molecule has 0 unspecified atom stereocenters. The van der Waals surface area contributed by atoms with Gasteiger partial charge in [-0.2, -0.15) is 5.10 Å². The van der Waals surface area contributed by atoms with Crippen LogP contribution in [0.4, 0.5) is 0 Å². The monoisotopic (exact) mass is 391 g/mol. The Kier molecular flexibility index (Phi) is 4.21. The number of likely N-dealkylation sites (tertiary alicyclic amines) is 1. The van der Waals surface area contributed by atoms with Gasteiger partial charge < -0.3 is 20.7 Å². The van der Waals surface area contributed by atoms with Gasteiger partial charge in [0.1, 0.15) is 5.52 Å². The second-order valence-corrected chi connectivity index (χ2v) is 6.84. The Morgan fingerprint density at radius 3 is 2.79 bits per heavy atom. The molecule has 3 aromatic rings. The first-order valence-corrected chi connectivity index (χ1v) is 8.82. The highest BCUT2D eigenvalue weighted by molar-refractivity contribution is 6.02. The molecule has 1 aliphatic heterocycles. The van der Waals surface area contributed by atoms with Crippen molar-refractivity contribution in [3.8, 4) is 17.5 Å². The van der Waals surface area contributed by atoms with Crippen molar-refractivity contribution in [2.24, 2.45) is 5.73 Å². The van der Waals surface area contributed by atoms with Crippen LogP contribution in [-0.2, 0) is 4.79 Å². The maximum Gasteiger partial charge on any atom is 0.271 e. The van der Waals surface area contributed by atoms with Crippen molar-refractivity contribution >= 4 is 22.8 Å². The number of aliphatic hydroxyl groups is 1. The number of benzene rings is 1. The first-order chi connectivity index (χ1) is 13.8. The number of likely N-dealkylation sites (N-methyl/N-ethyl adjacent to an activating group) is 1. The lowest BCUT2D eigenvalue weighted by Crippen LogP contribution is -2.37. The SMILES string of the molecule is CN1CC[C@@](O)(C#Cc2cccc(-n3nc(C(N)=O)c4[nH]c(=O)ccc43)c2)C1=O. The third-order valence-electron chi connectivity index (χ3n) is 4.81. The van der Waals surface area contributed by atoms with E-state index in [1.54, 1.807) is 37.4 Å². The van der Waals surface area contributed by atoms with Gasteiger partial charge in [-0.1, -0.05) is 17.9 Å². The predicted molar refractivity (Wildman–Crippen MR) is 104 cm³/mol. The van der Waals surface area contributed by atoms with Crippen LogP contribution >= 0.6 is 0 Å². The van der Waals surface area contributed by atoms with E-state index in [9.17, 15) is 19.5 Å². The number of carbonyl (C=O) groups is 2. The molecule has 9 nitrogen and oxygen atoms in total. The zero-order valence-corrected chi connectivity index (χ0v) is 15.5. The average molecular weight is 391 g/mol. The summed E-state index contributed by atoms with van der Waals surface area (Å²) in [4.78, 5) is 39.4. The molecule has 1 aromatic carbocycles. The maximum atomic E-state index is 12.1. The summed E-state index contributed by atoms with van der Waals surface area (Å²) in [7, 11) is 1.62. The van der Waals surface area contributed by atoms with Gasteiger partial charge >= 0.3 is 0 Å². The van der Waals surface area contributed by atoms with Gasteiger partial charge in [0.15, 0.2) is 5.69 Å². The van der Waals surface area contributed by atoms with Crippen molar-refractivity contribution in [1.82, 2.24) is 19.7 Å². The van der Waals surface area contributed by atoms with Crippen LogP contribution in [0.3, 0.4) is 0 Å². The summed E-state index contributed by atoms with van der Waals surface area (Å²) in [6.07, 6.45) is 0.244. The number of H-pyrrole nitrogens is 1. The molecule has 146 valence electrons. The van der Waals surface area contributed by atoms with Crippen LogP contribution in [0.15, 0.2) is 41.2 Å². The fraction of sp³-hybridized carbons (Fsp3) is 0.200. The summed E-state index contributed by atoms with van der Waals surface area (Å²) in [6, 6.07) is 9.77. The lowest BCUT2D eigenvalue weighted by molar-refractivity contribution is -0.137. The molecule has 2 amide bonds. The molecule has 0 radical (unpaired) electrons. The zero-order valence-electron chi connectivity index (χ0n) is 15.5. The standard InChI is InChI=1S/C20H17N5O4/c1-24-10-9-20(29,19(24)28)8-7-12-3-2-4-13(11-12)25-14-5-6-15(26)22-16(14)17(23-25)18(21)27/h2-6,11,29H,9-10H2,1H3,(H2,21,27)(H,22,26)/t20-/m0/s1. The quantitative estimate of drug-likeness (QED) is 0.518. The van der Waals surface area contributed by atoms with Gasteiger partial charge in [-0.25, -0.2) is 4.68 Å². The largest absolute Gasteiger partial charge is 0.369 e. The highest BCUT2D eigenvalue weighted by Crippen LogP contribution is 2.22. The number of nitrogens with one attached hydrogen (secondary N) is 1. The third kappa shape index (κ3) is 3.15. The molecule has 3 heterocycles. The number of aromatic nitrogens is 3. The molecule has 1 aliphatic rings. The van der Waals surface area contributed by atoms with E-state index in [4.69, 9.17) is 5.73 Å². The van der Waals surface area contributed by atoms with Gasteiger partial charge in [0.05, 0.1) is 11.2 Å². The van der Waals surface area contributed by atoms with Crippen LogP contribution < -0.4 is 11.3 Å². The van der Waals surface area contributed by atoms with Crippen molar-refractivity contribution in [3.63, 3.8) is 0 Å². The van der Waals surface area contributed by atoms with Crippen molar-refractivity contribution in [2.75, 3.05) is 13.6 Å². The van der Waals surface area contributed by atoms with E-state index < -0.39 is 17.4 Å². The van der Waals surface area contributed by atoms with E-state index in [1.807, 2.05) is 0 Å². The third-order valence-corrected chi connectivity index (χ3v) is 4.81. The molecule has 1 atom stereocenters. The average Bonchev–Trinajstić information content (AvgIpc) is 3.20. The van der Waals surface area contributed by atoms with Crippen molar-refractivity contribution in [3.05, 3.63) is 58.0 Å². The Labute approximate surface area is 164 Å². The molecular weight excluding hydrogens is 374 g/mol. The van der Waals surface area contributed by atoms with Crippen molar-refractivity contribution in [2.45, 2.75) is 12.0 Å². The van der Waals surface area contributed by atoms with Gasteiger partial charge in [0.25, 0.3) is 11.8 Å². The van der Waals surface area contributed by atoms with Gasteiger partial charge in [-0.3, -0.25) is 14.4 Å². The van der Waals surface area contributed by atoms with Gasteiger partial charge in [-0.05, 0) is 24.3 Å². The van der Waals surface area contributed by atoms with Crippen LogP contribution in [-0.4, -0.2) is 55.8 Å². The summed E-state index contributed by atoms with van der Waals surface area (Å²) in [5, 5.41) is 14.7. The number of rotatable bonds is 2. The van der Waals surface area contributed by atoms with E-state index in [-0.39, 0.29) is 23.2 Å². The minimum atomic E-state index is -1.69. The number of primary amides is 1. The molecule has 0 spiro atoms. The number of aromatic amines is 1. The molecule has 4 N–H and O–H groups in total. The predicted octanol–water partition coefficient (Wildman–Crippen LogP) is -0.243. The molecule has 29 heavy (non-hydrogen) atoms. The molecule has 0 aliphatic carbocycles. The summed E-state index contributed by atoms with van der Waals surface area (Å²) in [5.74, 6) is 4.31. The lowest BCUT2D eigenvalue weighted by atomic mass is 10.0. The number of amides is 2. The summed E-state index contributed by atoms with van der Waals surface area (Å²) < 4.78 is 1.47. The Morgan fingerprint density at radius 1 is 1.31 bits per heavy atom. The van der Waals surface area contributed by atoms with Crippen LogP contribution in [0.1, 0.15) is 22.5 Å². The van der Waals surface area contributed by atoms with Gasteiger partial charge in [0.2, 0.25) is 11.2 Å². The zero-order chi connectivity index (χ0) is 20.8. The number of pyridine rings is 1. The highest BCUT2D eigenvalue weighted by atomic mass is 16.3. The van der Waals surface area contributed by atoms with E-state index in [2.05, 4.69) is 21.9 Å². The Balaban J connectivity index is 1.78. The number of nitrogens with zero attached hydrogens (tertiary/aromatic N) is 3. The second-order valence-electron chi connectivity index (χ2n) is 6.84. The molecule has 2 aromatic heterocycles. The fourth-order valence-electron chi connectivity index (χ4n) is 3.26. The van der Waals surface area contributed by atoms with Crippen molar-refractivity contribution < 1.29 is 14.7 Å². The Bertz CT molecular complexity index is 1280. The first kappa shape index (κ1) is 18.5. The number of hydrogen-bond acceptors (Lipinski definition) is 5. The van der Waals surface area contributed by atoms with Crippen LogP contribution in [0, 0.1) is 11.8 Å². The number of hydrogen-bond donors (Lipinski definition) is 3. The molecule has 4 rings (SSSR count). The minimum absolute atomic E-state index is 0.0527. The van der Waals surface area contributed by atoms with E-state index in [0.29, 0.717) is 23.3 Å². The summed E-state index contributed by atoms with van der Waals surface area (Å²) in [5.41, 5.74) is 5.12. The number of carbonyl (C=O) groups excluding carboxylic acids is 2. The topological polar surface area (TPSA) is 134 Å². The number of fused-ring (bicyclic) bond motifs is 1. The lowest BCUT2D eigenvalue weighted by Gasteiger charge is -2.13. The normalized spacial score (nSPS) is 18.7. The minimum Gasteiger partial charge on any atom is -0.369 e. The summed E-state index contributed by atoms with van der Waals surface area (Å²) in [6.45, 7) is 0.442. The molecule has 0 saturated carbocycles. The van der Waals surface area contributed by atoms with E-state index >= 15 is 0 Å². The van der Waals surface area contributed by atoms with Gasteiger partial charge in [0, 0.05) is 31.6 Å². The maximum absolute atomic E-state index is 12.1. The fourth-order valence-corrected chi connectivity index (χ4v) is 3.26. The molecule has 0 bridgehead atoms. The molecule has 1 fully saturated rings. The van der Waals surface area contributed by atoms with Crippen LogP contribution in [0.25, 0.3) is 16.7 Å².